The SMILES string of the molecule is CC(C)(C)[Si](C)(C)Cl.CN(C)S(=N)(=O)N[Si](C)(C)C(C)(C)C.CN(C)S(=O)(=O)N[Si](C)(C)C(C)(C)C.CN(C)S(N)(=O)=N[C-]=O.CN(C)S(N)(=O)=O.[B].[B]CC(=O)Cl.[B]OC#N.[Y]. The zero-order valence-corrected chi connectivity index (χ0v) is 52.5. The number of amides is 1. The Morgan fingerprint density at radius 1 is 0.762 bits per heavy atom. The van der Waals surface area contributed by atoms with E-state index >= 15 is 0 Å². The molecule has 1 amide bonds. The van der Waals surface area contributed by atoms with Crippen molar-refractivity contribution in [3.63, 3.8) is 0 Å². The Hall–Kier alpha value is 0.639. The summed E-state index contributed by atoms with van der Waals surface area (Å²) in [5.41, 5.74) is 0. The number of hydrogen-bond acceptors (Lipinski definition) is 11. The number of halogens is 2. The van der Waals surface area contributed by atoms with Gasteiger partial charge >= 0.3 is 8.05 Å². The predicted octanol–water partition coefficient (Wildman–Crippen LogP) is 3.78. The normalized spacial score (nSPS) is 13.8. The molecule has 33 heteroatoms. The van der Waals surface area contributed by atoms with Crippen LogP contribution in [0, 0.1) is 16.3 Å². The van der Waals surface area contributed by atoms with Crippen LogP contribution in [0.3, 0.4) is 0 Å². The molecule has 63 heavy (non-hydrogen) atoms. The van der Waals surface area contributed by atoms with Crippen LogP contribution in [0.1, 0.15) is 62.3 Å². The Labute approximate surface area is 427 Å². The summed E-state index contributed by atoms with van der Waals surface area (Å²) in [6.07, 6.45) is 2.26. The zero-order chi connectivity index (χ0) is 51.8. The molecular weight excluding hydrogens is 1060 g/mol. The van der Waals surface area contributed by atoms with Crippen molar-refractivity contribution < 1.29 is 72.2 Å². The number of nitrogens with two attached hydrogens (primary N) is 2. The topological polar surface area (TPSA) is 295 Å². The molecule has 0 saturated heterocycles. The molecule has 0 aliphatic carbocycles. The van der Waals surface area contributed by atoms with E-state index in [-0.39, 0.29) is 57.5 Å². The molecule has 0 heterocycles. The van der Waals surface area contributed by atoms with Crippen molar-refractivity contribution in [3.05, 3.63) is 0 Å². The molecule has 2 unspecified atom stereocenters. The summed E-state index contributed by atoms with van der Waals surface area (Å²) in [6.45, 7) is 31.8. The minimum atomic E-state index is -3.41. The van der Waals surface area contributed by atoms with Gasteiger partial charge in [-0.2, -0.15) is 41.8 Å². The fraction of sp³-hybridized carbons (Fsp3) is 0.900. The van der Waals surface area contributed by atoms with Crippen LogP contribution in [0.25, 0.3) is 0 Å². The van der Waals surface area contributed by atoms with Gasteiger partial charge in [0.25, 0.3) is 26.7 Å². The Balaban J connectivity index is -0.0000000797. The number of rotatable bonds is 10. The van der Waals surface area contributed by atoms with Gasteiger partial charge in [0.05, 0.1) is 7.85 Å². The fourth-order valence-corrected chi connectivity index (χ4v) is 10.8. The van der Waals surface area contributed by atoms with Crippen molar-refractivity contribution in [1.29, 1.82) is 10.0 Å². The van der Waals surface area contributed by atoms with Crippen LogP contribution in [0.15, 0.2) is 4.36 Å². The smallest absolute Gasteiger partial charge is 0.395 e. The Bertz CT molecular complexity index is 1710. The van der Waals surface area contributed by atoms with Crippen LogP contribution in [-0.4, -0.2) is 159 Å². The molecule has 0 saturated carbocycles. The van der Waals surface area contributed by atoms with E-state index in [9.17, 15) is 34.8 Å². The van der Waals surface area contributed by atoms with Gasteiger partial charge in [0.2, 0.25) is 5.24 Å². The Morgan fingerprint density at radius 2 is 1.02 bits per heavy atom. The van der Waals surface area contributed by atoms with E-state index in [1.54, 1.807) is 14.1 Å². The molecule has 0 aromatic carbocycles. The van der Waals surface area contributed by atoms with E-state index in [0.717, 1.165) is 15.0 Å². The van der Waals surface area contributed by atoms with E-state index in [1.807, 2.05) is 13.1 Å². The van der Waals surface area contributed by atoms with Crippen molar-refractivity contribution in [1.82, 2.24) is 26.0 Å². The standard InChI is InChI=1S/C8H23N3OSSi.C8H22N2O2SSi.C6H15ClSi.C3H8N3O2S.C2H2BClO.C2H8N2O2S.CBNO.B.Y/c1-8(2,3)14(6,7)10-13(9,12)11(4)5;1-8(2,3)14(6,7)9-13(11,12)10(4)5;1-6(2,3)8(4,5)7;1-6(2)9(4,8)5-3-7;3-1-2(4)5;1-4(2)7(3,5)6;2-4-1-3;;/h1-7H3,(H2,9,10,12);9H,1-7H3;1-5H3;1-2H3,(H2,4,5,7,8);1H2;1-2H3,(H2,3,5,6);;;/q;;;-1;;;;;. The van der Waals surface area contributed by atoms with Crippen molar-refractivity contribution in [2.24, 2.45) is 14.6 Å². The molecule has 8 radical (unpaired) electrons. The molecule has 0 aromatic rings. The first kappa shape index (κ1) is 83.6. The minimum Gasteiger partial charge on any atom is -0.517 e. The van der Waals surface area contributed by atoms with Crippen LogP contribution in [0.2, 0.25) is 60.7 Å². The maximum absolute atomic E-state index is 11.9. The minimum absolute atomic E-state index is 0. The number of nitrogens with zero attached hydrogens (tertiary/aromatic N) is 6. The average molecular weight is 1140 g/mol. The second-order valence-corrected chi connectivity index (χ2v) is 44.0. The van der Waals surface area contributed by atoms with Crippen LogP contribution < -0.4 is 19.1 Å². The third kappa shape index (κ3) is 46.2. The summed E-state index contributed by atoms with van der Waals surface area (Å²) in [5.74, 6) is 0. The summed E-state index contributed by atoms with van der Waals surface area (Å²) in [4.78, 5) is 19.0. The molecular formula is C30H78B3Cl2N11O9S4Si3Y-. The number of nitrogens with one attached hydrogen (secondary N) is 3. The van der Waals surface area contributed by atoms with Crippen LogP contribution in [0.4, 0.5) is 0 Å². The number of carbonyl (C=O) groups is 1. The van der Waals surface area contributed by atoms with Gasteiger partial charge in [-0.1, -0.05) is 102 Å². The molecule has 7 N–H and O–H groups in total. The maximum Gasteiger partial charge on any atom is 0.395 e. The van der Waals surface area contributed by atoms with Crippen molar-refractivity contribution in [2.75, 3.05) is 56.4 Å². The van der Waals surface area contributed by atoms with Crippen LogP contribution in [0.5, 0.6) is 0 Å². The van der Waals surface area contributed by atoms with Gasteiger partial charge in [0.15, 0.2) is 17.5 Å². The third-order valence-corrected chi connectivity index (χ3v) is 32.3. The van der Waals surface area contributed by atoms with Gasteiger partial charge in [-0.05, 0) is 33.0 Å². The fourth-order valence-electron chi connectivity index (χ4n) is 1.29. The van der Waals surface area contributed by atoms with Gasteiger partial charge in [-0.25, -0.2) is 40.9 Å². The second-order valence-electron chi connectivity index (χ2n) is 17.9. The number of nitriles is 1. The van der Waals surface area contributed by atoms with Gasteiger partial charge in [-0.3, -0.25) is 4.79 Å². The number of hydrogen-bond donors (Lipinski definition) is 5. The second kappa shape index (κ2) is 34.8. The monoisotopic (exact) mass is 1140 g/mol. The summed E-state index contributed by atoms with van der Waals surface area (Å²) in [7, 11) is 3.23. The first-order chi connectivity index (χ1) is 26.2. The van der Waals surface area contributed by atoms with Crippen molar-refractivity contribution in [3.8, 4) is 6.26 Å². The predicted molar refractivity (Wildman–Crippen MR) is 271 cm³/mol. The molecule has 0 bridgehead atoms. The molecule has 0 aromatic heterocycles. The molecule has 20 nitrogen and oxygen atoms in total. The van der Waals surface area contributed by atoms with Gasteiger partial charge in [0.1, 0.15) is 26.6 Å². The molecule has 0 aliphatic heterocycles. The van der Waals surface area contributed by atoms with E-state index in [0.29, 0.717) is 5.04 Å². The zero-order valence-electron chi connectivity index (χ0n) is 41.9. The largest absolute Gasteiger partial charge is 0.517 e. The molecule has 0 aliphatic rings. The van der Waals surface area contributed by atoms with Crippen molar-refractivity contribution in [2.45, 2.75) is 123 Å². The third-order valence-electron chi connectivity index (χ3n) is 8.72. The van der Waals surface area contributed by atoms with Gasteiger partial charge < -0.3 is 13.8 Å². The summed E-state index contributed by atoms with van der Waals surface area (Å²) < 4.78 is 90.5. The van der Waals surface area contributed by atoms with E-state index in [2.05, 4.69) is 127 Å². The van der Waals surface area contributed by atoms with E-state index in [1.165, 1.54) is 57.2 Å². The van der Waals surface area contributed by atoms with Gasteiger partial charge in [-0.15, -0.1) is 6.41 Å². The summed E-state index contributed by atoms with van der Waals surface area (Å²) in [6, 6.07) is 0. The van der Waals surface area contributed by atoms with Crippen LogP contribution in [-0.2, 0) is 87.6 Å². The van der Waals surface area contributed by atoms with E-state index in [4.69, 9.17) is 37.9 Å². The number of carbonyl (C=O) groups excluding carboxylic acids is 2. The summed E-state index contributed by atoms with van der Waals surface area (Å²) >= 11 is 10.8. The Morgan fingerprint density at radius 3 is 1.13 bits per heavy atom. The first-order valence-electron chi connectivity index (χ1n) is 17.8. The summed E-state index contributed by atoms with van der Waals surface area (Å²) in [5, 5.41) is 16.8. The van der Waals surface area contributed by atoms with Gasteiger partial charge in [0, 0.05) is 97.5 Å². The van der Waals surface area contributed by atoms with Crippen LogP contribution >= 0.6 is 22.7 Å². The van der Waals surface area contributed by atoms with E-state index < -0.39 is 69.7 Å². The Kier molecular flexibility index (Phi) is 46.3. The quantitative estimate of drug-likeness (QED) is 0.0694. The maximum atomic E-state index is 11.9. The molecule has 370 valence electrons. The average Bonchev–Trinajstić information content (AvgIpc) is 2.99. The molecule has 0 spiro atoms. The molecule has 2 atom stereocenters. The first-order valence-corrected chi connectivity index (χ1v) is 34.1. The molecule has 0 fully saturated rings. The molecule has 0 rings (SSSR count). The van der Waals surface area contributed by atoms with Crippen molar-refractivity contribution >= 4 is 123 Å².